The molecule has 0 spiro atoms. The first kappa shape index (κ1) is 10.2. The Kier molecular flexibility index (Phi) is 2.48. The number of aromatic nitrogens is 1. The van der Waals surface area contributed by atoms with E-state index in [1.165, 1.54) is 12.1 Å². The Balaban J connectivity index is 2.58. The smallest absolute Gasteiger partial charge is 0.222 e. The van der Waals surface area contributed by atoms with Gasteiger partial charge < -0.3 is 10.3 Å². The van der Waals surface area contributed by atoms with Gasteiger partial charge in [-0.3, -0.25) is 0 Å². The number of rotatable bonds is 1. The van der Waals surface area contributed by atoms with Crippen LogP contribution in [0.4, 0.5) is 10.3 Å². The monoisotopic (exact) mass is 270 g/mol. The molecule has 15 heavy (non-hydrogen) atoms. The minimum atomic E-state index is -0.344. The summed E-state index contributed by atoms with van der Waals surface area (Å²) in [5.74, 6) is -0.176. The molecule has 5 heteroatoms. The summed E-state index contributed by atoms with van der Waals surface area (Å²) in [6.45, 7) is 1.81. The first-order valence-corrected chi connectivity index (χ1v) is 5.05. The van der Waals surface area contributed by atoms with Crippen molar-refractivity contribution in [2.24, 2.45) is 0 Å². The molecule has 0 saturated heterocycles. The minimum Gasteiger partial charge on any atom is -0.368 e. The second-order valence-corrected chi connectivity index (χ2v) is 4.05. The Labute approximate surface area is 94.2 Å². The first-order valence-electron chi connectivity index (χ1n) is 4.26. The molecule has 1 aromatic heterocycles. The Hall–Kier alpha value is -1.36. The SMILES string of the molecule is Cc1cc(F)c(-c2cc(N)on2)cc1Br. The van der Waals surface area contributed by atoms with Gasteiger partial charge in [0.05, 0.1) is 0 Å². The van der Waals surface area contributed by atoms with E-state index in [-0.39, 0.29) is 11.7 Å². The molecule has 0 fully saturated rings. The fraction of sp³-hybridized carbons (Fsp3) is 0.100. The highest BCUT2D eigenvalue weighted by Gasteiger charge is 2.11. The quantitative estimate of drug-likeness (QED) is 0.866. The Morgan fingerprint density at radius 2 is 2.13 bits per heavy atom. The van der Waals surface area contributed by atoms with Crippen molar-refractivity contribution in [1.82, 2.24) is 5.16 Å². The van der Waals surface area contributed by atoms with Gasteiger partial charge in [0.2, 0.25) is 5.88 Å². The zero-order chi connectivity index (χ0) is 11.0. The van der Waals surface area contributed by atoms with E-state index in [9.17, 15) is 4.39 Å². The number of hydrogen-bond donors (Lipinski definition) is 1. The second kappa shape index (κ2) is 3.66. The average Bonchev–Trinajstić information content (AvgIpc) is 2.58. The Morgan fingerprint density at radius 1 is 1.40 bits per heavy atom. The maximum Gasteiger partial charge on any atom is 0.222 e. The number of nitrogens with two attached hydrogens (primary N) is 1. The summed E-state index contributed by atoms with van der Waals surface area (Å²) < 4.78 is 19.1. The van der Waals surface area contributed by atoms with Crippen LogP contribution in [0.15, 0.2) is 27.2 Å². The van der Waals surface area contributed by atoms with Crippen LogP contribution in [0.2, 0.25) is 0 Å². The molecule has 1 aromatic carbocycles. The van der Waals surface area contributed by atoms with Crippen LogP contribution in [0, 0.1) is 12.7 Å². The van der Waals surface area contributed by atoms with Crippen LogP contribution >= 0.6 is 15.9 Å². The standard InChI is InChI=1S/C10H8BrFN2O/c1-5-2-8(12)6(3-7(5)11)9-4-10(13)15-14-9/h2-4H,13H2,1H3. The lowest BCUT2D eigenvalue weighted by molar-refractivity contribution is 0.438. The predicted octanol–water partition coefficient (Wildman–Crippen LogP) is 3.13. The molecule has 3 nitrogen and oxygen atoms in total. The van der Waals surface area contributed by atoms with E-state index in [1.54, 1.807) is 6.07 Å². The fourth-order valence-electron chi connectivity index (χ4n) is 1.26. The molecule has 0 bridgehead atoms. The topological polar surface area (TPSA) is 52.0 Å². The largest absolute Gasteiger partial charge is 0.368 e. The molecule has 0 atom stereocenters. The lowest BCUT2D eigenvalue weighted by atomic mass is 10.1. The lowest BCUT2D eigenvalue weighted by Crippen LogP contribution is -1.87. The number of aryl methyl sites for hydroxylation is 1. The van der Waals surface area contributed by atoms with Crippen molar-refractivity contribution in [3.05, 3.63) is 34.1 Å². The van der Waals surface area contributed by atoms with Crippen LogP contribution in [-0.4, -0.2) is 5.16 Å². The van der Waals surface area contributed by atoms with Gasteiger partial charge in [-0.05, 0) is 24.6 Å². The summed E-state index contributed by atoms with van der Waals surface area (Å²) in [7, 11) is 0. The van der Waals surface area contributed by atoms with Crippen LogP contribution < -0.4 is 5.73 Å². The molecule has 0 saturated carbocycles. The van der Waals surface area contributed by atoms with Crippen molar-refractivity contribution >= 4 is 21.8 Å². The van der Waals surface area contributed by atoms with Gasteiger partial charge in [-0.1, -0.05) is 21.1 Å². The number of nitrogen functional groups attached to an aromatic ring is 1. The van der Waals surface area contributed by atoms with E-state index in [0.717, 1.165) is 10.0 Å². The van der Waals surface area contributed by atoms with E-state index in [0.29, 0.717) is 11.3 Å². The van der Waals surface area contributed by atoms with Gasteiger partial charge in [-0.25, -0.2) is 4.39 Å². The highest BCUT2D eigenvalue weighted by atomic mass is 79.9. The summed E-state index contributed by atoms with van der Waals surface area (Å²) in [5.41, 5.74) is 6.96. The van der Waals surface area contributed by atoms with Gasteiger partial charge >= 0.3 is 0 Å². The Morgan fingerprint density at radius 3 is 2.73 bits per heavy atom. The van der Waals surface area contributed by atoms with E-state index in [1.807, 2.05) is 6.92 Å². The molecule has 2 aromatic rings. The van der Waals surface area contributed by atoms with Crippen molar-refractivity contribution < 1.29 is 8.91 Å². The molecule has 0 unspecified atom stereocenters. The molecule has 2 N–H and O–H groups in total. The third-order valence-corrected chi connectivity index (χ3v) is 2.91. The van der Waals surface area contributed by atoms with E-state index >= 15 is 0 Å². The lowest BCUT2D eigenvalue weighted by Gasteiger charge is -2.02. The molecule has 0 radical (unpaired) electrons. The molecule has 2 rings (SSSR count). The fourth-order valence-corrected chi connectivity index (χ4v) is 1.60. The van der Waals surface area contributed by atoms with Crippen LogP contribution in [0.1, 0.15) is 5.56 Å². The van der Waals surface area contributed by atoms with Crippen LogP contribution in [0.5, 0.6) is 0 Å². The second-order valence-electron chi connectivity index (χ2n) is 3.20. The van der Waals surface area contributed by atoms with Gasteiger partial charge in [-0.2, -0.15) is 0 Å². The Bertz CT molecular complexity index is 510. The number of anilines is 1. The number of halogens is 2. The maximum atomic E-state index is 13.6. The normalized spacial score (nSPS) is 10.6. The minimum absolute atomic E-state index is 0.168. The zero-order valence-electron chi connectivity index (χ0n) is 7.92. The number of hydrogen-bond acceptors (Lipinski definition) is 3. The molecular formula is C10H8BrFN2O. The summed E-state index contributed by atoms with van der Waals surface area (Å²) >= 11 is 3.33. The molecule has 0 aliphatic rings. The summed E-state index contributed by atoms with van der Waals surface area (Å²) in [6.07, 6.45) is 0. The van der Waals surface area contributed by atoms with Crippen LogP contribution in [0.3, 0.4) is 0 Å². The van der Waals surface area contributed by atoms with Crippen molar-refractivity contribution in [2.45, 2.75) is 6.92 Å². The predicted molar refractivity (Wildman–Crippen MR) is 58.7 cm³/mol. The van der Waals surface area contributed by atoms with Crippen LogP contribution in [-0.2, 0) is 0 Å². The van der Waals surface area contributed by atoms with Gasteiger partial charge in [0, 0.05) is 16.1 Å². The molecule has 0 aliphatic heterocycles. The summed E-state index contributed by atoms with van der Waals surface area (Å²) in [6, 6.07) is 4.58. The molecular weight excluding hydrogens is 263 g/mol. The average molecular weight is 271 g/mol. The van der Waals surface area contributed by atoms with Gasteiger partial charge in [-0.15, -0.1) is 0 Å². The van der Waals surface area contributed by atoms with Crippen molar-refractivity contribution in [1.29, 1.82) is 0 Å². The summed E-state index contributed by atoms with van der Waals surface area (Å²) in [5, 5.41) is 3.66. The van der Waals surface area contributed by atoms with Gasteiger partial charge in [0.25, 0.3) is 0 Å². The van der Waals surface area contributed by atoms with Crippen molar-refractivity contribution in [3.63, 3.8) is 0 Å². The highest BCUT2D eigenvalue weighted by molar-refractivity contribution is 9.10. The number of nitrogens with zero attached hydrogens (tertiary/aromatic N) is 1. The van der Waals surface area contributed by atoms with Gasteiger partial charge in [0.1, 0.15) is 11.5 Å². The molecule has 0 amide bonds. The number of benzene rings is 1. The third-order valence-electron chi connectivity index (χ3n) is 2.05. The zero-order valence-corrected chi connectivity index (χ0v) is 9.51. The van der Waals surface area contributed by atoms with Crippen molar-refractivity contribution in [3.8, 4) is 11.3 Å². The van der Waals surface area contributed by atoms with E-state index in [4.69, 9.17) is 5.73 Å². The molecule has 78 valence electrons. The highest BCUT2D eigenvalue weighted by Crippen LogP contribution is 2.28. The van der Waals surface area contributed by atoms with Crippen molar-refractivity contribution in [2.75, 3.05) is 5.73 Å². The van der Waals surface area contributed by atoms with E-state index < -0.39 is 0 Å². The maximum absolute atomic E-state index is 13.6. The first-order chi connectivity index (χ1) is 7.08. The third kappa shape index (κ3) is 1.87. The van der Waals surface area contributed by atoms with Crippen LogP contribution in [0.25, 0.3) is 11.3 Å². The molecule has 0 aliphatic carbocycles. The molecule has 1 heterocycles. The summed E-state index contributed by atoms with van der Waals surface area (Å²) in [4.78, 5) is 0. The van der Waals surface area contributed by atoms with E-state index in [2.05, 4.69) is 25.6 Å². The van der Waals surface area contributed by atoms with Gasteiger partial charge in [0.15, 0.2) is 0 Å².